The van der Waals surface area contributed by atoms with Crippen LogP contribution in [0, 0.1) is 12.3 Å². The van der Waals surface area contributed by atoms with Gasteiger partial charge in [-0.25, -0.2) is 0 Å². The van der Waals surface area contributed by atoms with Gasteiger partial charge in [0.1, 0.15) is 5.75 Å². The molecule has 0 saturated heterocycles. The molecule has 0 radical (unpaired) electrons. The van der Waals surface area contributed by atoms with Crippen molar-refractivity contribution in [2.24, 2.45) is 5.41 Å². The molecule has 1 aromatic rings. The fraction of sp³-hybridized carbons (Fsp3) is 0.600. The number of benzene rings is 1. The van der Waals surface area contributed by atoms with E-state index in [2.05, 4.69) is 68.0 Å². The summed E-state index contributed by atoms with van der Waals surface area (Å²) < 4.78 is 6.67. The molecule has 0 fully saturated rings. The lowest BCUT2D eigenvalue weighted by Gasteiger charge is -2.33. The summed E-state index contributed by atoms with van der Waals surface area (Å²) in [5.41, 5.74) is 2.54. The largest absolute Gasteiger partial charge is 0.496 e. The van der Waals surface area contributed by atoms with E-state index in [1.54, 1.807) is 7.11 Å². The monoisotopic (exact) mass is 313 g/mol. The van der Waals surface area contributed by atoms with Crippen molar-refractivity contribution in [3.8, 4) is 5.75 Å². The molecule has 102 valence electrons. The number of hydrogen-bond donors (Lipinski definition) is 1. The van der Waals surface area contributed by atoms with E-state index < -0.39 is 0 Å². The third-order valence-corrected chi connectivity index (χ3v) is 3.95. The van der Waals surface area contributed by atoms with Crippen LogP contribution in [-0.4, -0.2) is 13.7 Å². The molecule has 0 aromatic heterocycles. The Bertz CT molecular complexity index is 410. The van der Waals surface area contributed by atoms with Crippen molar-refractivity contribution in [2.45, 2.75) is 40.7 Å². The van der Waals surface area contributed by atoms with Gasteiger partial charge in [-0.15, -0.1) is 0 Å². The molecule has 1 atom stereocenters. The van der Waals surface area contributed by atoms with E-state index >= 15 is 0 Å². The topological polar surface area (TPSA) is 21.3 Å². The quantitative estimate of drug-likeness (QED) is 0.886. The smallest absolute Gasteiger partial charge is 0.123 e. The molecule has 0 aliphatic carbocycles. The fourth-order valence-corrected chi connectivity index (χ4v) is 2.52. The second kappa shape index (κ2) is 6.07. The molecule has 0 spiro atoms. The van der Waals surface area contributed by atoms with Crippen molar-refractivity contribution in [3.63, 3.8) is 0 Å². The van der Waals surface area contributed by atoms with Gasteiger partial charge in [0.15, 0.2) is 0 Å². The van der Waals surface area contributed by atoms with Crippen molar-refractivity contribution >= 4 is 15.9 Å². The standard InChI is InChI=1S/C15H24BrNO/c1-7-17-14(15(3,4)5)11-9-12(16)10(2)8-13(11)18-6/h8-9,14,17H,7H2,1-6H3. The van der Waals surface area contributed by atoms with Gasteiger partial charge in [0.25, 0.3) is 0 Å². The van der Waals surface area contributed by atoms with Gasteiger partial charge in [-0.3, -0.25) is 0 Å². The minimum Gasteiger partial charge on any atom is -0.496 e. The third kappa shape index (κ3) is 3.48. The number of aryl methyl sites for hydroxylation is 1. The van der Waals surface area contributed by atoms with Crippen molar-refractivity contribution < 1.29 is 4.74 Å². The fourth-order valence-electron chi connectivity index (χ4n) is 2.16. The number of ether oxygens (including phenoxy) is 1. The van der Waals surface area contributed by atoms with Gasteiger partial charge in [0.05, 0.1) is 7.11 Å². The van der Waals surface area contributed by atoms with E-state index in [1.807, 2.05) is 0 Å². The molecule has 3 heteroatoms. The average Bonchev–Trinajstić information content (AvgIpc) is 2.27. The van der Waals surface area contributed by atoms with Crippen LogP contribution in [-0.2, 0) is 0 Å². The summed E-state index contributed by atoms with van der Waals surface area (Å²) in [4.78, 5) is 0. The van der Waals surface area contributed by atoms with Crippen LogP contribution in [0.25, 0.3) is 0 Å². The zero-order valence-electron chi connectivity index (χ0n) is 12.2. The number of halogens is 1. The van der Waals surface area contributed by atoms with Crippen LogP contribution in [0.4, 0.5) is 0 Å². The Morgan fingerprint density at radius 3 is 2.39 bits per heavy atom. The Labute approximate surface area is 119 Å². The number of rotatable bonds is 4. The first kappa shape index (κ1) is 15.5. The lowest BCUT2D eigenvalue weighted by molar-refractivity contribution is 0.268. The van der Waals surface area contributed by atoms with Crippen LogP contribution in [0.1, 0.15) is 44.9 Å². The molecular weight excluding hydrogens is 290 g/mol. The minimum atomic E-state index is 0.137. The van der Waals surface area contributed by atoms with Crippen molar-refractivity contribution in [2.75, 3.05) is 13.7 Å². The average molecular weight is 314 g/mol. The molecule has 1 N–H and O–H groups in total. The molecule has 0 aliphatic heterocycles. The first-order valence-corrected chi connectivity index (χ1v) is 7.18. The Kier molecular flexibility index (Phi) is 5.23. The molecule has 1 unspecified atom stereocenters. The summed E-state index contributed by atoms with van der Waals surface area (Å²) in [6, 6.07) is 4.54. The second-order valence-corrected chi connectivity index (χ2v) is 6.55. The van der Waals surface area contributed by atoms with Crippen LogP contribution in [0.15, 0.2) is 16.6 Å². The van der Waals surface area contributed by atoms with Crippen molar-refractivity contribution in [3.05, 3.63) is 27.7 Å². The van der Waals surface area contributed by atoms with Crippen molar-refractivity contribution in [1.29, 1.82) is 0 Å². The second-order valence-electron chi connectivity index (χ2n) is 5.70. The number of nitrogens with one attached hydrogen (secondary N) is 1. The van der Waals surface area contributed by atoms with Crippen LogP contribution in [0.5, 0.6) is 5.75 Å². The van der Waals surface area contributed by atoms with E-state index in [1.165, 1.54) is 11.1 Å². The van der Waals surface area contributed by atoms with Crippen LogP contribution in [0.3, 0.4) is 0 Å². The minimum absolute atomic E-state index is 0.137. The predicted octanol–water partition coefficient (Wildman–Crippen LogP) is 4.46. The molecule has 2 nitrogen and oxygen atoms in total. The maximum Gasteiger partial charge on any atom is 0.123 e. The molecule has 0 bridgehead atoms. The maximum atomic E-state index is 5.54. The van der Waals surface area contributed by atoms with Gasteiger partial charge < -0.3 is 10.1 Å². The van der Waals surface area contributed by atoms with Gasteiger partial charge in [-0.2, -0.15) is 0 Å². The SMILES string of the molecule is CCNC(c1cc(Br)c(C)cc1OC)C(C)(C)C. The van der Waals surface area contributed by atoms with Gasteiger partial charge in [-0.1, -0.05) is 43.6 Å². The van der Waals surface area contributed by atoms with E-state index in [9.17, 15) is 0 Å². The first-order chi connectivity index (χ1) is 8.31. The molecular formula is C15H24BrNO. The van der Waals surface area contributed by atoms with Gasteiger partial charge in [0.2, 0.25) is 0 Å². The predicted molar refractivity (Wildman–Crippen MR) is 81.3 cm³/mol. The highest BCUT2D eigenvalue weighted by Gasteiger charge is 2.28. The maximum absolute atomic E-state index is 5.54. The normalized spacial score (nSPS) is 13.5. The van der Waals surface area contributed by atoms with Gasteiger partial charge >= 0.3 is 0 Å². The lowest BCUT2D eigenvalue weighted by atomic mass is 9.81. The summed E-state index contributed by atoms with van der Waals surface area (Å²) in [6.45, 7) is 11.9. The van der Waals surface area contributed by atoms with Crippen LogP contribution >= 0.6 is 15.9 Å². The zero-order valence-corrected chi connectivity index (χ0v) is 13.8. The van der Waals surface area contributed by atoms with E-state index in [-0.39, 0.29) is 11.5 Å². The van der Waals surface area contributed by atoms with Gasteiger partial charge in [-0.05, 0) is 36.6 Å². The Morgan fingerprint density at radius 1 is 1.33 bits per heavy atom. The number of hydrogen-bond acceptors (Lipinski definition) is 2. The highest BCUT2D eigenvalue weighted by molar-refractivity contribution is 9.10. The van der Waals surface area contributed by atoms with E-state index in [4.69, 9.17) is 4.74 Å². The Balaban J connectivity index is 3.31. The molecule has 0 saturated carbocycles. The summed E-state index contributed by atoms with van der Waals surface area (Å²) in [5, 5.41) is 3.56. The van der Waals surface area contributed by atoms with E-state index in [0.29, 0.717) is 0 Å². The zero-order chi connectivity index (χ0) is 13.9. The van der Waals surface area contributed by atoms with Crippen molar-refractivity contribution in [1.82, 2.24) is 5.32 Å². The van der Waals surface area contributed by atoms with Gasteiger partial charge in [0, 0.05) is 16.1 Å². The summed E-state index contributed by atoms with van der Waals surface area (Å²) in [5.74, 6) is 0.955. The highest BCUT2D eigenvalue weighted by atomic mass is 79.9. The van der Waals surface area contributed by atoms with Crippen LogP contribution < -0.4 is 10.1 Å². The highest BCUT2D eigenvalue weighted by Crippen LogP contribution is 2.39. The molecule has 1 rings (SSSR count). The van der Waals surface area contributed by atoms with E-state index in [0.717, 1.165) is 16.8 Å². The summed E-state index contributed by atoms with van der Waals surface area (Å²) >= 11 is 3.61. The third-order valence-electron chi connectivity index (χ3n) is 3.10. The molecule has 18 heavy (non-hydrogen) atoms. The number of methoxy groups -OCH3 is 1. The molecule has 0 heterocycles. The summed E-state index contributed by atoms with van der Waals surface area (Å²) in [7, 11) is 1.73. The Morgan fingerprint density at radius 2 is 1.94 bits per heavy atom. The molecule has 0 amide bonds. The lowest BCUT2D eigenvalue weighted by Crippen LogP contribution is -2.32. The molecule has 0 aliphatic rings. The van der Waals surface area contributed by atoms with Crippen LogP contribution in [0.2, 0.25) is 0 Å². The molecule has 1 aromatic carbocycles. The first-order valence-electron chi connectivity index (χ1n) is 6.38. The Hall–Kier alpha value is -0.540. The summed E-state index contributed by atoms with van der Waals surface area (Å²) in [6.07, 6.45) is 0.